The van der Waals surface area contributed by atoms with E-state index in [2.05, 4.69) is 4.98 Å². The molecule has 0 spiro atoms. The van der Waals surface area contributed by atoms with Crippen LogP contribution in [0.5, 0.6) is 0 Å². The maximum Gasteiger partial charge on any atom is 0.300 e. The fourth-order valence-corrected chi connectivity index (χ4v) is 4.80. The number of aromatic nitrogens is 1. The summed E-state index contributed by atoms with van der Waals surface area (Å²) < 4.78 is 60.9. The average molecular weight is 457 g/mol. The summed E-state index contributed by atoms with van der Waals surface area (Å²) in [5.74, 6) is -2.06. The van der Waals surface area contributed by atoms with Crippen LogP contribution in [0.3, 0.4) is 0 Å². The summed E-state index contributed by atoms with van der Waals surface area (Å²) in [5, 5.41) is 0.627. The van der Waals surface area contributed by atoms with Crippen LogP contribution in [0.1, 0.15) is 16.2 Å². The standard InChI is InChI=1S/C22H17F2N3O4S/c1-12-5-6-13-3-2-4-20(21(13)25-12)32(29,30)26-22(28)19-9-16-17(24)7-15(8-18(16)31-19)27-10-14(23)11-27/h2-9,14H,10-11H2,1H3,(H,26,28). The van der Waals surface area contributed by atoms with E-state index in [-0.39, 0.29) is 40.2 Å². The molecule has 2 aromatic heterocycles. The first-order valence-corrected chi connectivity index (χ1v) is 11.3. The van der Waals surface area contributed by atoms with Crippen molar-refractivity contribution in [3.63, 3.8) is 0 Å². The lowest BCUT2D eigenvalue weighted by atomic mass is 10.1. The van der Waals surface area contributed by atoms with Crippen LogP contribution in [0.25, 0.3) is 21.9 Å². The Balaban J connectivity index is 1.47. The number of hydrogen-bond donors (Lipinski definition) is 1. The van der Waals surface area contributed by atoms with Gasteiger partial charge in [0, 0.05) is 28.9 Å². The zero-order chi connectivity index (χ0) is 22.6. The second kappa shape index (κ2) is 7.27. The van der Waals surface area contributed by atoms with Crippen molar-refractivity contribution in [2.24, 2.45) is 0 Å². The van der Waals surface area contributed by atoms with Gasteiger partial charge in [0.2, 0.25) is 0 Å². The lowest BCUT2D eigenvalue weighted by Gasteiger charge is -2.36. The van der Waals surface area contributed by atoms with Gasteiger partial charge >= 0.3 is 5.91 Å². The molecule has 0 saturated carbocycles. The van der Waals surface area contributed by atoms with Gasteiger partial charge in [0.1, 0.15) is 22.5 Å². The van der Waals surface area contributed by atoms with Crippen LogP contribution in [-0.2, 0) is 10.0 Å². The number of para-hydroxylation sites is 1. The number of nitrogens with one attached hydrogen (secondary N) is 1. The van der Waals surface area contributed by atoms with Gasteiger partial charge in [-0.2, -0.15) is 0 Å². The van der Waals surface area contributed by atoms with Gasteiger partial charge in [-0.1, -0.05) is 18.2 Å². The zero-order valence-corrected chi connectivity index (χ0v) is 17.6. The summed E-state index contributed by atoms with van der Waals surface area (Å²) in [6.07, 6.45) is -0.968. The summed E-state index contributed by atoms with van der Waals surface area (Å²) >= 11 is 0. The Bertz CT molecular complexity index is 1490. The van der Waals surface area contributed by atoms with E-state index in [4.69, 9.17) is 4.42 Å². The fraction of sp³-hybridized carbons (Fsp3) is 0.182. The molecular weight excluding hydrogens is 440 g/mol. The van der Waals surface area contributed by atoms with Crippen LogP contribution in [0.15, 0.2) is 57.8 Å². The Morgan fingerprint density at radius 1 is 1.19 bits per heavy atom. The van der Waals surface area contributed by atoms with E-state index in [1.54, 1.807) is 36.1 Å². The molecule has 1 saturated heterocycles. The van der Waals surface area contributed by atoms with Gasteiger partial charge in [-0.3, -0.25) is 9.78 Å². The maximum absolute atomic E-state index is 14.5. The van der Waals surface area contributed by atoms with Gasteiger partial charge in [-0.05, 0) is 25.1 Å². The summed E-state index contributed by atoms with van der Waals surface area (Å²) in [6, 6.07) is 12.0. The summed E-state index contributed by atoms with van der Waals surface area (Å²) in [4.78, 5) is 18.4. The number of carbonyl (C=O) groups is 1. The van der Waals surface area contributed by atoms with E-state index in [9.17, 15) is 22.0 Å². The van der Waals surface area contributed by atoms with E-state index in [1.165, 1.54) is 18.2 Å². The first-order valence-electron chi connectivity index (χ1n) is 9.77. The van der Waals surface area contributed by atoms with Crippen molar-refractivity contribution in [2.75, 3.05) is 18.0 Å². The van der Waals surface area contributed by atoms with E-state index in [1.807, 2.05) is 4.72 Å². The van der Waals surface area contributed by atoms with Crippen molar-refractivity contribution < 1.29 is 26.4 Å². The molecule has 5 rings (SSSR count). The van der Waals surface area contributed by atoms with Gasteiger partial charge in [0.25, 0.3) is 10.0 Å². The Hall–Kier alpha value is -3.53. The lowest BCUT2D eigenvalue weighted by Crippen LogP contribution is -2.48. The second-order valence-corrected chi connectivity index (χ2v) is 9.32. The number of benzene rings is 2. The number of nitrogens with zero attached hydrogens (tertiary/aromatic N) is 2. The third kappa shape index (κ3) is 3.46. The maximum atomic E-state index is 14.5. The number of carbonyl (C=O) groups excluding carboxylic acids is 1. The smallest absolute Gasteiger partial charge is 0.300 e. The Kier molecular flexibility index (Phi) is 4.63. The number of sulfonamides is 1. The fourth-order valence-electron chi connectivity index (χ4n) is 3.67. The monoisotopic (exact) mass is 457 g/mol. The topological polar surface area (TPSA) is 92.5 Å². The number of anilines is 1. The van der Waals surface area contributed by atoms with Crippen molar-refractivity contribution in [1.82, 2.24) is 9.71 Å². The van der Waals surface area contributed by atoms with E-state index >= 15 is 0 Å². The van der Waals surface area contributed by atoms with Crippen LogP contribution in [-0.4, -0.2) is 38.6 Å². The number of alkyl halides is 1. The lowest BCUT2D eigenvalue weighted by molar-refractivity contribution is 0.0956. The van der Waals surface area contributed by atoms with E-state index in [0.29, 0.717) is 16.8 Å². The molecule has 1 fully saturated rings. The predicted molar refractivity (Wildman–Crippen MR) is 114 cm³/mol. The summed E-state index contributed by atoms with van der Waals surface area (Å²) in [5.41, 5.74) is 1.34. The zero-order valence-electron chi connectivity index (χ0n) is 16.8. The van der Waals surface area contributed by atoms with Crippen molar-refractivity contribution in [1.29, 1.82) is 0 Å². The van der Waals surface area contributed by atoms with Crippen LogP contribution in [0.2, 0.25) is 0 Å². The molecule has 32 heavy (non-hydrogen) atoms. The third-order valence-corrected chi connectivity index (χ3v) is 6.70. The molecule has 164 valence electrons. The SMILES string of the molecule is Cc1ccc2cccc(S(=O)(=O)NC(=O)c3cc4c(F)cc(N5CC(F)C5)cc4o3)c2n1. The summed E-state index contributed by atoms with van der Waals surface area (Å²) in [7, 11) is -4.29. The molecule has 1 aliphatic heterocycles. The first kappa shape index (κ1) is 20.4. The minimum absolute atomic E-state index is 0.0241. The number of halogens is 2. The minimum atomic E-state index is -4.29. The molecule has 0 bridgehead atoms. The molecule has 0 unspecified atom stereocenters. The van der Waals surface area contributed by atoms with Crippen LogP contribution in [0.4, 0.5) is 14.5 Å². The summed E-state index contributed by atoms with van der Waals surface area (Å²) in [6.45, 7) is 2.03. The molecule has 1 N–H and O–H groups in total. The Labute approximate surface area is 181 Å². The molecular formula is C22H17F2N3O4S. The molecule has 1 amide bonds. The highest BCUT2D eigenvalue weighted by Gasteiger charge is 2.28. The normalized spacial score (nSPS) is 14.7. The van der Waals surface area contributed by atoms with Gasteiger partial charge in [-0.15, -0.1) is 0 Å². The molecule has 10 heteroatoms. The third-order valence-electron chi connectivity index (χ3n) is 5.34. The van der Waals surface area contributed by atoms with Gasteiger partial charge in [0.05, 0.1) is 24.0 Å². The van der Waals surface area contributed by atoms with E-state index < -0.39 is 27.9 Å². The Morgan fingerprint density at radius 2 is 1.97 bits per heavy atom. The number of pyridine rings is 1. The second-order valence-electron chi connectivity index (χ2n) is 7.67. The van der Waals surface area contributed by atoms with Crippen LogP contribution in [0, 0.1) is 12.7 Å². The van der Waals surface area contributed by atoms with Gasteiger partial charge in [0.15, 0.2) is 5.76 Å². The first-order chi connectivity index (χ1) is 15.2. The highest BCUT2D eigenvalue weighted by atomic mass is 32.2. The number of hydrogen-bond acceptors (Lipinski definition) is 6. The Morgan fingerprint density at radius 3 is 2.72 bits per heavy atom. The molecule has 1 aliphatic rings. The number of aryl methyl sites for hydroxylation is 1. The van der Waals surface area contributed by atoms with Crippen molar-refractivity contribution in [3.8, 4) is 0 Å². The highest BCUT2D eigenvalue weighted by molar-refractivity contribution is 7.90. The molecule has 0 atom stereocenters. The molecule has 3 heterocycles. The predicted octanol–water partition coefficient (Wildman–Crippen LogP) is 3.71. The highest BCUT2D eigenvalue weighted by Crippen LogP contribution is 2.31. The molecule has 4 aromatic rings. The van der Waals surface area contributed by atoms with Crippen molar-refractivity contribution in [2.45, 2.75) is 18.0 Å². The minimum Gasteiger partial charge on any atom is -0.451 e. The van der Waals surface area contributed by atoms with Crippen molar-refractivity contribution in [3.05, 3.63) is 65.8 Å². The van der Waals surface area contributed by atoms with Gasteiger partial charge < -0.3 is 9.32 Å². The number of rotatable bonds is 4. The van der Waals surface area contributed by atoms with Crippen LogP contribution < -0.4 is 9.62 Å². The largest absolute Gasteiger partial charge is 0.451 e. The molecule has 2 aromatic carbocycles. The van der Waals surface area contributed by atoms with Gasteiger partial charge in [-0.25, -0.2) is 21.9 Å². The number of fused-ring (bicyclic) bond motifs is 2. The molecule has 7 nitrogen and oxygen atoms in total. The number of amides is 1. The average Bonchev–Trinajstić information content (AvgIpc) is 3.15. The van der Waals surface area contributed by atoms with E-state index in [0.717, 1.165) is 6.07 Å². The van der Waals surface area contributed by atoms with Crippen LogP contribution >= 0.6 is 0 Å². The molecule has 0 radical (unpaired) electrons. The van der Waals surface area contributed by atoms with Crippen molar-refractivity contribution >= 4 is 43.5 Å². The number of furan rings is 1. The molecule has 0 aliphatic carbocycles. The quantitative estimate of drug-likeness (QED) is 0.502.